The summed E-state index contributed by atoms with van der Waals surface area (Å²) >= 11 is 0. The summed E-state index contributed by atoms with van der Waals surface area (Å²) in [6.07, 6.45) is 11.0. The van der Waals surface area contributed by atoms with E-state index in [1.54, 1.807) is 0 Å². The third kappa shape index (κ3) is 4.56. The Bertz CT molecular complexity index is 589. The van der Waals surface area contributed by atoms with Crippen molar-refractivity contribution in [3.8, 4) is 0 Å². The third-order valence-electron chi connectivity index (χ3n) is 6.01. The lowest BCUT2D eigenvalue weighted by atomic mass is 9.80. The predicted octanol–water partition coefficient (Wildman–Crippen LogP) is 3.31. The molecular formula is C20H35N5. The summed E-state index contributed by atoms with van der Waals surface area (Å²) in [5.74, 6) is 2.57. The van der Waals surface area contributed by atoms with E-state index in [2.05, 4.69) is 47.3 Å². The average molecular weight is 346 g/mol. The maximum absolute atomic E-state index is 4.78. The van der Waals surface area contributed by atoms with Crippen LogP contribution in [-0.4, -0.2) is 35.4 Å². The molecule has 1 fully saturated rings. The highest BCUT2D eigenvalue weighted by atomic mass is 15.3. The molecule has 3 rings (SSSR count). The molecule has 0 spiro atoms. The van der Waals surface area contributed by atoms with Gasteiger partial charge in [-0.2, -0.15) is 5.10 Å². The Kier molecular flexibility index (Phi) is 6.02. The Morgan fingerprint density at radius 2 is 2.12 bits per heavy atom. The SMILES string of the molecule is CN=C(NCC1CCCCC1C)NC1CCc2cn(C(C)C)nc2C1. The fourth-order valence-electron chi connectivity index (χ4n) is 4.21. The summed E-state index contributed by atoms with van der Waals surface area (Å²) < 4.78 is 2.10. The molecule has 0 bridgehead atoms. The number of rotatable bonds is 4. The molecule has 0 aromatic carbocycles. The Balaban J connectivity index is 1.52. The van der Waals surface area contributed by atoms with E-state index < -0.39 is 0 Å². The Labute approximate surface area is 152 Å². The van der Waals surface area contributed by atoms with Crippen molar-refractivity contribution in [3.05, 3.63) is 17.5 Å². The van der Waals surface area contributed by atoms with Crippen LogP contribution in [0.5, 0.6) is 0 Å². The Hall–Kier alpha value is -1.52. The van der Waals surface area contributed by atoms with E-state index >= 15 is 0 Å². The molecule has 25 heavy (non-hydrogen) atoms. The highest BCUT2D eigenvalue weighted by molar-refractivity contribution is 5.80. The number of hydrogen-bond acceptors (Lipinski definition) is 2. The van der Waals surface area contributed by atoms with Gasteiger partial charge in [0.25, 0.3) is 0 Å². The van der Waals surface area contributed by atoms with Gasteiger partial charge >= 0.3 is 0 Å². The summed E-state index contributed by atoms with van der Waals surface area (Å²) in [4.78, 5) is 4.45. The third-order valence-corrected chi connectivity index (χ3v) is 6.01. The van der Waals surface area contributed by atoms with E-state index in [-0.39, 0.29) is 0 Å². The van der Waals surface area contributed by atoms with Crippen molar-refractivity contribution in [2.45, 2.75) is 77.8 Å². The molecule has 0 aliphatic heterocycles. The summed E-state index contributed by atoms with van der Waals surface area (Å²) in [6, 6.07) is 0.863. The van der Waals surface area contributed by atoms with Gasteiger partial charge in [-0.1, -0.05) is 26.2 Å². The molecule has 1 saturated carbocycles. The molecule has 3 atom stereocenters. The van der Waals surface area contributed by atoms with E-state index in [9.17, 15) is 0 Å². The van der Waals surface area contributed by atoms with Crippen molar-refractivity contribution in [1.82, 2.24) is 20.4 Å². The Morgan fingerprint density at radius 3 is 2.84 bits per heavy atom. The van der Waals surface area contributed by atoms with Crippen LogP contribution < -0.4 is 10.6 Å². The lowest BCUT2D eigenvalue weighted by molar-refractivity contribution is 0.256. The van der Waals surface area contributed by atoms with Crippen LogP contribution in [0.1, 0.15) is 70.2 Å². The molecule has 1 heterocycles. The molecule has 2 aliphatic carbocycles. The number of aliphatic imine (C=N–C) groups is 1. The normalized spacial score (nSPS) is 27.2. The van der Waals surface area contributed by atoms with Gasteiger partial charge in [0.05, 0.1) is 5.69 Å². The minimum atomic E-state index is 0.429. The van der Waals surface area contributed by atoms with Crippen molar-refractivity contribution >= 4 is 5.96 Å². The number of aromatic nitrogens is 2. The van der Waals surface area contributed by atoms with E-state index in [0.717, 1.165) is 43.6 Å². The fourth-order valence-corrected chi connectivity index (χ4v) is 4.21. The van der Waals surface area contributed by atoms with Gasteiger partial charge in [-0.15, -0.1) is 0 Å². The van der Waals surface area contributed by atoms with E-state index in [0.29, 0.717) is 12.1 Å². The highest BCUT2D eigenvalue weighted by Gasteiger charge is 2.24. The number of hydrogen-bond donors (Lipinski definition) is 2. The summed E-state index contributed by atoms with van der Waals surface area (Å²) in [5.41, 5.74) is 2.68. The van der Waals surface area contributed by atoms with Crippen LogP contribution in [-0.2, 0) is 12.8 Å². The second kappa shape index (κ2) is 8.24. The van der Waals surface area contributed by atoms with Crippen LogP contribution in [0, 0.1) is 11.8 Å². The van der Waals surface area contributed by atoms with Crippen molar-refractivity contribution in [3.63, 3.8) is 0 Å². The van der Waals surface area contributed by atoms with E-state index in [4.69, 9.17) is 5.10 Å². The van der Waals surface area contributed by atoms with E-state index in [1.165, 1.54) is 36.9 Å². The van der Waals surface area contributed by atoms with Crippen LogP contribution in [0.25, 0.3) is 0 Å². The molecular weight excluding hydrogens is 310 g/mol. The van der Waals surface area contributed by atoms with Crippen molar-refractivity contribution in [1.29, 1.82) is 0 Å². The lowest BCUT2D eigenvalue weighted by Crippen LogP contribution is -2.47. The molecule has 1 aromatic heterocycles. The summed E-state index contributed by atoms with van der Waals surface area (Å²) in [6.45, 7) is 7.81. The molecule has 2 aliphatic rings. The molecule has 3 unspecified atom stereocenters. The van der Waals surface area contributed by atoms with Gasteiger partial charge in [0.2, 0.25) is 0 Å². The largest absolute Gasteiger partial charge is 0.356 e. The second-order valence-corrected chi connectivity index (χ2v) is 8.23. The van der Waals surface area contributed by atoms with Crippen molar-refractivity contribution in [2.24, 2.45) is 16.8 Å². The van der Waals surface area contributed by atoms with Crippen LogP contribution in [0.4, 0.5) is 0 Å². The van der Waals surface area contributed by atoms with Gasteiger partial charge in [0, 0.05) is 38.3 Å². The highest BCUT2D eigenvalue weighted by Crippen LogP contribution is 2.28. The van der Waals surface area contributed by atoms with Gasteiger partial charge in [-0.3, -0.25) is 9.67 Å². The zero-order chi connectivity index (χ0) is 17.8. The molecule has 1 aromatic rings. The molecule has 5 nitrogen and oxygen atoms in total. The first-order valence-corrected chi connectivity index (χ1v) is 10.1. The maximum atomic E-state index is 4.78. The van der Waals surface area contributed by atoms with Crippen LogP contribution in [0.2, 0.25) is 0 Å². The number of aryl methyl sites for hydroxylation is 1. The van der Waals surface area contributed by atoms with Crippen molar-refractivity contribution < 1.29 is 0 Å². The minimum absolute atomic E-state index is 0.429. The van der Waals surface area contributed by atoms with Crippen LogP contribution in [0.15, 0.2) is 11.2 Å². The number of guanidine groups is 1. The average Bonchev–Trinajstić information content (AvgIpc) is 3.03. The number of nitrogens with one attached hydrogen (secondary N) is 2. The van der Waals surface area contributed by atoms with E-state index in [1.807, 2.05) is 7.05 Å². The molecule has 5 heteroatoms. The second-order valence-electron chi connectivity index (χ2n) is 8.23. The Morgan fingerprint density at radius 1 is 1.32 bits per heavy atom. The fraction of sp³-hybridized carbons (Fsp3) is 0.800. The standard InChI is InChI=1S/C20H35N5/c1-14(2)25-13-17-9-10-18(11-19(17)24-25)23-20(21-4)22-12-16-8-6-5-7-15(16)3/h13-16,18H,5-12H2,1-4H3,(H2,21,22,23). The lowest BCUT2D eigenvalue weighted by Gasteiger charge is -2.30. The number of nitrogens with zero attached hydrogens (tertiary/aromatic N) is 3. The first-order chi connectivity index (χ1) is 12.1. The molecule has 0 amide bonds. The zero-order valence-electron chi connectivity index (χ0n) is 16.4. The van der Waals surface area contributed by atoms with Gasteiger partial charge < -0.3 is 10.6 Å². The monoisotopic (exact) mass is 345 g/mol. The van der Waals surface area contributed by atoms with Gasteiger partial charge in [0.1, 0.15) is 0 Å². The summed E-state index contributed by atoms with van der Waals surface area (Å²) in [5, 5.41) is 12.0. The predicted molar refractivity (Wildman–Crippen MR) is 104 cm³/mol. The zero-order valence-corrected chi connectivity index (χ0v) is 16.4. The quantitative estimate of drug-likeness (QED) is 0.650. The number of fused-ring (bicyclic) bond motifs is 1. The molecule has 2 N–H and O–H groups in total. The minimum Gasteiger partial charge on any atom is -0.356 e. The molecule has 0 radical (unpaired) electrons. The maximum Gasteiger partial charge on any atom is 0.191 e. The first kappa shape index (κ1) is 18.3. The van der Waals surface area contributed by atoms with Gasteiger partial charge in [0.15, 0.2) is 5.96 Å². The van der Waals surface area contributed by atoms with Crippen LogP contribution in [0.3, 0.4) is 0 Å². The van der Waals surface area contributed by atoms with Gasteiger partial charge in [-0.25, -0.2) is 0 Å². The molecule has 140 valence electrons. The van der Waals surface area contributed by atoms with Crippen molar-refractivity contribution in [2.75, 3.05) is 13.6 Å². The topological polar surface area (TPSA) is 54.2 Å². The smallest absolute Gasteiger partial charge is 0.191 e. The first-order valence-electron chi connectivity index (χ1n) is 10.1. The molecule has 0 saturated heterocycles. The summed E-state index contributed by atoms with van der Waals surface area (Å²) in [7, 11) is 1.88. The van der Waals surface area contributed by atoms with Crippen LogP contribution >= 0.6 is 0 Å². The van der Waals surface area contributed by atoms with Gasteiger partial charge in [-0.05, 0) is 50.5 Å².